The molecule has 11 nitrogen and oxygen atoms in total. The topological polar surface area (TPSA) is 180 Å². The lowest BCUT2D eigenvalue weighted by atomic mass is 9.43. The van der Waals surface area contributed by atoms with Crippen LogP contribution in [0.3, 0.4) is 0 Å². The van der Waals surface area contributed by atoms with Crippen LogP contribution in [0.2, 0.25) is 0 Å². The van der Waals surface area contributed by atoms with Crippen molar-refractivity contribution in [2.45, 2.75) is 103 Å². The predicted molar refractivity (Wildman–Crippen MR) is 166 cm³/mol. The van der Waals surface area contributed by atoms with Crippen molar-refractivity contribution in [2.75, 3.05) is 25.6 Å². The van der Waals surface area contributed by atoms with E-state index in [-0.39, 0.29) is 64.6 Å². The van der Waals surface area contributed by atoms with E-state index in [1.54, 1.807) is 10.9 Å². The zero-order chi connectivity index (χ0) is 31.4. The molecule has 0 amide bonds. The Labute approximate surface area is 259 Å². The average Bonchev–Trinajstić information content (AvgIpc) is 3.55. The Morgan fingerprint density at radius 3 is 2.73 bits per heavy atom. The third kappa shape index (κ3) is 5.40. The van der Waals surface area contributed by atoms with Crippen molar-refractivity contribution >= 4 is 17.1 Å². The molecule has 4 saturated carbocycles. The first-order chi connectivity index (χ1) is 21.0. The summed E-state index contributed by atoms with van der Waals surface area (Å²) in [4.78, 5) is 22.9. The number of aliphatic hydroxyl groups excluding tert-OH is 4. The van der Waals surface area contributed by atoms with Crippen LogP contribution in [0.15, 0.2) is 11.1 Å². The van der Waals surface area contributed by atoms with Gasteiger partial charge in [0.25, 0.3) is 5.56 Å². The molecule has 0 aliphatic heterocycles. The van der Waals surface area contributed by atoms with Gasteiger partial charge in [0.05, 0.1) is 31.2 Å². The minimum absolute atomic E-state index is 0.0287. The standard InChI is InChI=1S/C33H53N5O6/c1-18(5-4-10-44-16-19(15-39)14-38-17-35-28-29(38)36-31(34)37-30(28)43)22-6-7-23-27-24(13-26(42)33(22,23)3)32(2)9-8-21(40)11-20(32)12-25(27)41/h17-27,39-42H,4-16H2,1-3H3,(H3,34,36,37,43)/t18-,19?,20+,21-,22-,23+,24+,25-,26+,27+,32+,33-/m1/s1. The highest BCUT2D eigenvalue weighted by molar-refractivity contribution is 5.70. The van der Waals surface area contributed by atoms with E-state index >= 15 is 0 Å². The number of nitrogens with two attached hydrogens (primary N) is 1. The van der Waals surface area contributed by atoms with Crippen LogP contribution < -0.4 is 11.3 Å². The number of hydrogen-bond donors (Lipinski definition) is 6. The van der Waals surface area contributed by atoms with E-state index in [4.69, 9.17) is 10.5 Å². The molecule has 0 saturated heterocycles. The monoisotopic (exact) mass is 615 g/mol. The maximum Gasteiger partial charge on any atom is 0.280 e. The molecule has 0 radical (unpaired) electrons. The Morgan fingerprint density at radius 1 is 1.16 bits per heavy atom. The Hall–Kier alpha value is -2.05. The van der Waals surface area contributed by atoms with Crippen molar-refractivity contribution in [3.05, 3.63) is 16.7 Å². The number of imidazole rings is 1. The van der Waals surface area contributed by atoms with Gasteiger partial charge in [-0.3, -0.25) is 9.78 Å². The van der Waals surface area contributed by atoms with E-state index in [0.29, 0.717) is 55.0 Å². The van der Waals surface area contributed by atoms with Crippen molar-refractivity contribution in [1.82, 2.24) is 19.5 Å². The van der Waals surface area contributed by atoms with Crippen LogP contribution in [0.5, 0.6) is 0 Å². The lowest BCUT2D eigenvalue weighted by Gasteiger charge is -2.63. The first-order valence-electron chi connectivity index (χ1n) is 16.9. The minimum Gasteiger partial charge on any atom is -0.396 e. The van der Waals surface area contributed by atoms with Crippen LogP contribution in [-0.4, -0.2) is 78.1 Å². The number of hydrogen-bond acceptors (Lipinski definition) is 9. The van der Waals surface area contributed by atoms with Gasteiger partial charge in [-0.15, -0.1) is 0 Å². The second-order valence-corrected chi connectivity index (χ2v) is 15.3. The smallest absolute Gasteiger partial charge is 0.280 e. The first-order valence-corrected chi connectivity index (χ1v) is 16.9. The summed E-state index contributed by atoms with van der Waals surface area (Å²) < 4.78 is 7.74. The van der Waals surface area contributed by atoms with Crippen LogP contribution in [-0.2, 0) is 11.3 Å². The molecule has 2 aromatic rings. The molecule has 2 aromatic heterocycles. The summed E-state index contributed by atoms with van der Waals surface area (Å²) in [6.45, 7) is 8.30. The number of nitrogens with zero attached hydrogens (tertiary/aromatic N) is 3. The highest BCUT2D eigenvalue weighted by atomic mass is 16.5. The molecule has 0 bridgehead atoms. The lowest BCUT2D eigenvalue weighted by Crippen LogP contribution is -2.62. The highest BCUT2D eigenvalue weighted by Gasteiger charge is 2.65. The first kappa shape index (κ1) is 31.9. The van der Waals surface area contributed by atoms with Crippen LogP contribution in [0, 0.1) is 52.3 Å². The molecule has 246 valence electrons. The van der Waals surface area contributed by atoms with Crippen molar-refractivity contribution in [3.63, 3.8) is 0 Å². The largest absolute Gasteiger partial charge is 0.396 e. The fraction of sp³-hybridized carbons (Fsp3) is 0.848. The second-order valence-electron chi connectivity index (χ2n) is 15.3. The van der Waals surface area contributed by atoms with Gasteiger partial charge in [-0.2, -0.15) is 4.98 Å². The zero-order valence-electron chi connectivity index (χ0n) is 26.6. The molecular weight excluding hydrogens is 562 g/mol. The van der Waals surface area contributed by atoms with Gasteiger partial charge in [0.15, 0.2) is 11.2 Å². The van der Waals surface area contributed by atoms with Gasteiger partial charge in [0.2, 0.25) is 5.95 Å². The quantitative estimate of drug-likeness (QED) is 0.219. The normalized spacial score (nSPS) is 39.9. The van der Waals surface area contributed by atoms with Gasteiger partial charge in [0, 0.05) is 25.7 Å². The molecule has 4 fully saturated rings. The molecule has 6 rings (SSSR count). The van der Waals surface area contributed by atoms with Crippen LogP contribution in [0.25, 0.3) is 11.2 Å². The summed E-state index contributed by atoms with van der Waals surface area (Å²) in [6, 6.07) is 0. The summed E-state index contributed by atoms with van der Waals surface area (Å²) in [7, 11) is 0. The highest BCUT2D eigenvalue weighted by Crippen LogP contribution is 2.68. The van der Waals surface area contributed by atoms with Crippen molar-refractivity contribution in [2.24, 2.45) is 52.3 Å². The van der Waals surface area contributed by atoms with Gasteiger partial charge in [-0.1, -0.05) is 20.8 Å². The second kappa shape index (κ2) is 12.3. The summed E-state index contributed by atoms with van der Waals surface area (Å²) in [5.74, 6) is 1.88. The number of rotatable bonds is 10. The van der Waals surface area contributed by atoms with E-state index in [9.17, 15) is 25.2 Å². The number of aromatic amines is 1. The van der Waals surface area contributed by atoms with Crippen LogP contribution >= 0.6 is 0 Å². The molecular formula is C33H53N5O6. The van der Waals surface area contributed by atoms with Gasteiger partial charge < -0.3 is 35.5 Å². The van der Waals surface area contributed by atoms with Gasteiger partial charge in [0.1, 0.15) is 0 Å². The number of nitrogens with one attached hydrogen (secondary N) is 1. The predicted octanol–water partition coefficient (Wildman–Crippen LogP) is 2.70. The molecule has 12 atom stereocenters. The fourth-order valence-corrected chi connectivity index (χ4v) is 10.6. The number of nitrogen functional groups attached to an aromatic ring is 1. The van der Waals surface area contributed by atoms with Gasteiger partial charge >= 0.3 is 0 Å². The van der Waals surface area contributed by atoms with Gasteiger partial charge in [-0.05, 0) is 104 Å². The Bertz CT molecular complexity index is 1370. The van der Waals surface area contributed by atoms with Gasteiger partial charge in [-0.25, -0.2) is 4.98 Å². The fourth-order valence-electron chi connectivity index (χ4n) is 10.6. The van der Waals surface area contributed by atoms with Crippen LogP contribution in [0.1, 0.15) is 78.6 Å². The SMILES string of the molecule is C[C@H](CCCOCC(CO)Cn1cnc2c(=O)[nH]c(N)nc21)[C@H]1CC[C@H]2[C@@H]3[C@H](O)C[C@@H]4C[C@H](O)CC[C@]4(C)[C@H]3C[C@H](O)[C@]12C. The summed E-state index contributed by atoms with van der Waals surface area (Å²) >= 11 is 0. The molecule has 7 N–H and O–H groups in total. The lowest BCUT2D eigenvalue weighted by molar-refractivity contribution is -0.207. The zero-order valence-corrected chi connectivity index (χ0v) is 26.6. The summed E-state index contributed by atoms with van der Waals surface area (Å²) in [6.07, 6.45) is 8.74. The summed E-state index contributed by atoms with van der Waals surface area (Å²) in [5.41, 5.74) is 5.82. The minimum atomic E-state index is -0.386. The van der Waals surface area contributed by atoms with E-state index in [1.807, 2.05) is 0 Å². The Kier molecular flexibility index (Phi) is 8.91. The van der Waals surface area contributed by atoms with E-state index in [1.165, 1.54) is 0 Å². The number of H-pyrrole nitrogens is 1. The molecule has 1 unspecified atom stereocenters. The molecule has 0 spiro atoms. The van der Waals surface area contributed by atoms with Crippen molar-refractivity contribution < 1.29 is 25.2 Å². The Balaban J connectivity index is 1.03. The number of aliphatic hydroxyl groups is 4. The molecule has 4 aliphatic rings. The third-order valence-corrected chi connectivity index (χ3v) is 13.0. The molecule has 4 aliphatic carbocycles. The number of anilines is 1. The molecule has 11 heteroatoms. The molecule has 44 heavy (non-hydrogen) atoms. The third-order valence-electron chi connectivity index (χ3n) is 13.0. The van der Waals surface area contributed by atoms with E-state index in [2.05, 4.69) is 35.7 Å². The van der Waals surface area contributed by atoms with E-state index < -0.39 is 0 Å². The number of fused-ring (bicyclic) bond motifs is 6. The average molecular weight is 616 g/mol. The van der Waals surface area contributed by atoms with Crippen molar-refractivity contribution in [1.29, 1.82) is 0 Å². The maximum absolute atomic E-state index is 12.1. The van der Waals surface area contributed by atoms with Crippen molar-refractivity contribution in [3.8, 4) is 0 Å². The van der Waals surface area contributed by atoms with E-state index in [0.717, 1.165) is 57.8 Å². The number of ether oxygens (including phenoxy) is 1. The summed E-state index contributed by atoms with van der Waals surface area (Å²) in [5, 5.41) is 43.7. The van der Waals surface area contributed by atoms with Crippen LogP contribution in [0.4, 0.5) is 5.95 Å². The molecule has 2 heterocycles. The molecule has 0 aromatic carbocycles. The Morgan fingerprint density at radius 2 is 1.95 bits per heavy atom. The maximum atomic E-state index is 12.1. The number of aromatic nitrogens is 4.